The van der Waals surface area contributed by atoms with Crippen LogP contribution in [-0.2, 0) is 14.4 Å². The molecule has 3 saturated heterocycles. The molecule has 0 saturated carbocycles. The largest absolute Gasteiger partial charge is 0.494 e. The predicted octanol–water partition coefficient (Wildman–Crippen LogP) is 4.28. The van der Waals surface area contributed by atoms with Crippen molar-refractivity contribution >= 4 is 35.2 Å². The van der Waals surface area contributed by atoms with E-state index in [1.54, 1.807) is 40.6 Å². The Morgan fingerprint density at radius 3 is 2.44 bits per heavy atom. The van der Waals surface area contributed by atoms with Crippen molar-refractivity contribution in [3.8, 4) is 5.75 Å². The molecule has 4 rings (SSSR count). The number of benzene rings is 1. The van der Waals surface area contributed by atoms with E-state index in [4.69, 9.17) is 4.74 Å². The molecule has 3 aliphatic rings. The van der Waals surface area contributed by atoms with Crippen molar-refractivity contribution < 1.29 is 24.2 Å². The number of hydrogen-bond acceptors (Lipinski definition) is 6. The molecule has 1 aromatic carbocycles. The van der Waals surface area contributed by atoms with Crippen molar-refractivity contribution in [2.75, 3.05) is 31.2 Å². The number of amides is 3. The van der Waals surface area contributed by atoms with Crippen LogP contribution < -0.4 is 9.64 Å². The molecule has 1 aromatic rings. The van der Waals surface area contributed by atoms with Gasteiger partial charge in [-0.05, 0) is 64.3 Å². The number of anilines is 1. The van der Waals surface area contributed by atoms with Gasteiger partial charge in [-0.25, -0.2) is 0 Å². The number of fused-ring (bicyclic) bond motifs is 1. The van der Waals surface area contributed by atoms with E-state index in [0.29, 0.717) is 31.8 Å². The second-order valence-corrected chi connectivity index (χ2v) is 13.0. The minimum Gasteiger partial charge on any atom is -0.494 e. The molecular weight excluding hydrogens is 538 g/mol. The Hall–Kier alpha value is -2.78. The number of aliphatic hydroxyl groups excluding tert-OH is 1. The molecule has 41 heavy (non-hydrogen) atoms. The number of thioether (sulfide) groups is 1. The van der Waals surface area contributed by atoms with Gasteiger partial charge in [0.25, 0.3) is 0 Å². The van der Waals surface area contributed by atoms with Crippen LogP contribution in [0.4, 0.5) is 5.69 Å². The van der Waals surface area contributed by atoms with Crippen molar-refractivity contribution in [1.82, 2.24) is 9.80 Å². The van der Waals surface area contributed by atoms with Crippen LogP contribution in [0.5, 0.6) is 5.75 Å². The first-order valence-electron chi connectivity index (χ1n) is 14.9. The zero-order chi connectivity index (χ0) is 29.9. The summed E-state index contributed by atoms with van der Waals surface area (Å²) in [5.41, 5.74) is 0.712. The smallest absolute Gasteiger partial charge is 0.247 e. The van der Waals surface area contributed by atoms with E-state index in [-0.39, 0.29) is 35.6 Å². The molecule has 0 radical (unpaired) electrons. The van der Waals surface area contributed by atoms with Gasteiger partial charge in [-0.2, -0.15) is 0 Å². The van der Waals surface area contributed by atoms with Gasteiger partial charge in [0.2, 0.25) is 17.7 Å². The topological polar surface area (TPSA) is 90.4 Å². The van der Waals surface area contributed by atoms with E-state index >= 15 is 0 Å². The Kier molecular flexibility index (Phi) is 9.90. The lowest BCUT2D eigenvalue weighted by molar-refractivity contribution is -0.146. The second-order valence-electron chi connectivity index (χ2n) is 11.4. The van der Waals surface area contributed by atoms with Gasteiger partial charge in [0.05, 0.1) is 35.8 Å². The third-order valence-electron chi connectivity index (χ3n) is 8.88. The maximum absolute atomic E-state index is 14.4. The van der Waals surface area contributed by atoms with Crippen LogP contribution in [0.15, 0.2) is 49.6 Å². The number of hydrogen-bond donors (Lipinski definition) is 1. The lowest BCUT2D eigenvalue weighted by atomic mass is 9.70. The van der Waals surface area contributed by atoms with E-state index in [0.717, 1.165) is 25.0 Å². The summed E-state index contributed by atoms with van der Waals surface area (Å²) in [6.07, 6.45) is 6.62. The van der Waals surface area contributed by atoms with Crippen molar-refractivity contribution in [2.45, 2.75) is 81.5 Å². The summed E-state index contributed by atoms with van der Waals surface area (Å²) in [5, 5.41) is 10.1. The zero-order valence-electron chi connectivity index (χ0n) is 24.8. The molecule has 3 aliphatic heterocycles. The Bertz CT molecular complexity index is 1140. The fourth-order valence-electron chi connectivity index (χ4n) is 7.09. The van der Waals surface area contributed by atoms with E-state index in [2.05, 4.69) is 20.1 Å². The fraction of sp³-hybridized carbons (Fsp3) is 0.594. The maximum Gasteiger partial charge on any atom is 0.247 e. The van der Waals surface area contributed by atoms with Crippen molar-refractivity contribution in [2.24, 2.45) is 11.8 Å². The highest BCUT2D eigenvalue weighted by Gasteiger charge is 2.74. The summed E-state index contributed by atoms with van der Waals surface area (Å²) in [4.78, 5) is 48.3. The summed E-state index contributed by atoms with van der Waals surface area (Å²) < 4.78 is 4.86. The molecule has 3 heterocycles. The standard InChI is InChI=1S/C32H45N3O5S/c1-7-11-21(5)33(18-8-2)31(39)28-32-17-16-25(41-32)26(27(32)30(38)35(28)22(6)20-36)29(37)34(19-9-3)23-12-14-24(15-13-23)40-10-4/h8-9,12-15,21-22,25-28,36H,2-3,7,10-11,16-20H2,1,4-6H3/t21?,22-,25+,26-,27+,28?,32?/m1/s1. The van der Waals surface area contributed by atoms with Crippen molar-refractivity contribution in [3.05, 3.63) is 49.6 Å². The molecule has 3 amide bonds. The van der Waals surface area contributed by atoms with E-state index in [9.17, 15) is 19.5 Å². The predicted molar refractivity (Wildman–Crippen MR) is 164 cm³/mol. The second kappa shape index (κ2) is 13.0. The lowest BCUT2D eigenvalue weighted by Crippen LogP contribution is -2.58. The summed E-state index contributed by atoms with van der Waals surface area (Å²) >= 11 is 1.65. The van der Waals surface area contributed by atoms with Gasteiger partial charge in [-0.3, -0.25) is 14.4 Å². The lowest BCUT2D eigenvalue weighted by Gasteiger charge is -2.40. The first-order chi connectivity index (χ1) is 19.7. The number of aliphatic hydroxyl groups is 1. The molecule has 8 nitrogen and oxygen atoms in total. The number of carbonyl (C=O) groups excluding carboxylic acids is 3. The Morgan fingerprint density at radius 2 is 1.85 bits per heavy atom. The molecule has 2 bridgehead atoms. The Balaban J connectivity index is 1.73. The molecule has 224 valence electrons. The highest BCUT2D eigenvalue weighted by molar-refractivity contribution is 8.02. The van der Waals surface area contributed by atoms with Crippen molar-refractivity contribution in [1.29, 1.82) is 0 Å². The minimum atomic E-state index is -0.743. The summed E-state index contributed by atoms with van der Waals surface area (Å²) in [7, 11) is 0. The normalized spacial score (nSPS) is 27.7. The first kappa shape index (κ1) is 31.2. The molecule has 1 spiro atoms. The van der Waals surface area contributed by atoms with E-state index in [1.165, 1.54) is 0 Å². The molecule has 3 unspecified atom stereocenters. The average Bonchev–Trinajstić information content (AvgIpc) is 3.61. The number of likely N-dealkylation sites (tertiary alicyclic amines) is 1. The zero-order valence-corrected chi connectivity index (χ0v) is 25.6. The van der Waals surface area contributed by atoms with Crippen LogP contribution >= 0.6 is 11.8 Å². The van der Waals surface area contributed by atoms with Gasteiger partial charge in [0, 0.05) is 30.1 Å². The number of nitrogens with zero attached hydrogens (tertiary/aromatic N) is 3. The van der Waals surface area contributed by atoms with Gasteiger partial charge < -0.3 is 24.5 Å². The summed E-state index contributed by atoms with van der Waals surface area (Å²) in [5.74, 6) is -0.927. The number of rotatable bonds is 14. The maximum atomic E-state index is 14.4. The highest BCUT2D eigenvalue weighted by Crippen LogP contribution is 2.67. The molecule has 0 aromatic heterocycles. The molecular formula is C32H45N3O5S. The molecule has 0 aliphatic carbocycles. The van der Waals surface area contributed by atoms with Crippen molar-refractivity contribution in [3.63, 3.8) is 0 Å². The van der Waals surface area contributed by atoms with Crippen LogP contribution in [-0.4, -0.2) is 87.1 Å². The van der Waals surface area contributed by atoms with Gasteiger partial charge in [0.15, 0.2) is 0 Å². The van der Waals surface area contributed by atoms with Crippen LogP contribution in [0.25, 0.3) is 0 Å². The number of ether oxygens (including phenoxy) is 1. The number of carbonyl (C=O) groups is 3. The first-order valence-corrected chi connectivity index (χ1v) is 15.8. The van der Waals surface area contributed by atoms with E-state index < -0.39 is 28.7 Å². The molecule has 3 fully saturated rings. The van der Waals surface area contributed by atoms with Crippen LogP contribution in [0.2, 0.25) is 0 Å². The van der Waals surface area contributed by atoms with Crippen LogP contribution in [0.1, 0.15) is 53.4 Å². The third-order valence-corrected chi connectivity index (χ3v) is 10.8. The molecule has 9 heteroatoms. The third kappa shape index (κ3) is 5.43. The monoisotopic (exact) mass is 583 g/mol. The quantitative estimate of drug-likeness (QED) is 0.329. The van der Waals surface area contributed by atoms with E-state index in [1.807, 2.05) is 43.0 Å². The Labute approximate surface area is 248 Å². The fourth-order valence-corrected chi connectivity index (χ4v) is 9.28. The van der Waals surface area contributed by atoms with Crippen LogP contribution in [0.3, 0.4) is 0 Å². The minimum absolute atomic E-state index is 0.0221. The van der Waals surface area contributed by atoms with Gasteiger partial charge >= 0.3 is 0 Å². The van der Waals surface area contributed by atoms with Crippen LogP contribution in [0, 0.1) is 11.8 Å². The highest BCUT2D eigenvalue weighted by atomic mass is 32.2. The Morgan fingerprint density at radius 1 is 1.17 bits per heavy atom. The average molecular weight is 584 g/mol. The van der Waals surface area contributed by atoms with Gasteiger partial charge in [-0.15, -0.1) is 24.9 Å². The van der Waals surface area contributed by atoms with Gasteiger partial charge in [-0.1, -0.05) is 25.5 Å². The SMILES string of the molecule is C=CCN(C(=O)[C@@H]1[C@@H]2CCC3(S2)C(C(=O)N(CC=C)C(C)CCC)N([C@H](C)CO)C(=O)[C@H]13)c1ccc(OCC)cc1. The summed E-state index contributed by atoms with van der Waals surface area (Å²) in [6.45, 7) is 16.5. The summed E-state index contributed by atoms with van der Waals surface area (Å²) in [6, 6.07) is 6.07. The molecule has 7 atom stereocenters. The molecule has 1 N–H and O–H groups in total. The van der Waals surface area contributed by atoms with Gasteiger partial charge in [0.1, 0.15) is 11.8 Å².